The lowest BCUT2D eigenvalue weighted by molar-refractivity contribution is -0.120. The molecular formula is C25H22N6OS2. The molecule has 1 amide bonds. The molecule has 0 saturated carbocycles. The number of anilines is 2. The molecule has 1 unspecified atom stereocenters. The summed E-state index contributed by atoms with van der Waals surface area (Å²) in [6.45, 7) is 1.52. The molecule has 1 aliphatic rings. The predicted octanol–water partition coefficient (Wildman–Crippen LogP) is 5.44. The normalized spacial score (nSPS) is 16.1. The number of aromatic nitrogens is 4. The van der Waals surface area contributed by atoms with Crippen molar-refractivity contribution in [1.82, 2.24) is 19.6 Å². The summed E-state index contributed by atoms with van der Waals surface area (Å²) in [6, 6.07) is 15.9. The van der Waals surface area contributed by atoms with Crippen molar-refractivity contribution in [2.24, 2.45) is 5.92 Å². The monoisotopic (exact) mass is 486 g/mol. The number of hydrogen-bond donors (Lipinski definition) is 1. The van der Waals surface area contributed by atoms with E-state index in [1.807, 2.05) is 76.1 Å². The van der Waals surface area contributed by atoms with E-state index in [2.05, 4.69) is 25.4 Å². The number of imidazole rings is 1. The van der Waals surface area contributed by atoms with Crippen molar-refractivity contribution in [2.75, 3.05) is 23.3 Å². The van der Waals surface area contributed by atoms with E-state index in [1.165, 1.54) is 0 Å². The SMILES string of the molecule is O=C(Nc1ccc(-c2cn3ccsc3n2)cc1)C1CCCN(c2ccc(-c3cccs3)nn2)C1. The molecule has 6 rings (SSSR count). The van der Waals surface area contributed by atoms with E-state index in [4.69, 9.17) is 0 Å². The lowest BCUT2D eigenvalue weighted by Crippen LogP contribution is -2.41. The molecule has 1 N–H and O–H groups in total. The second-order valence-electron chi connectivity index (χ2n) is 8.32. The Bertz CT molecular complexity index is 1380. The number of hydrogen-bond acceptors (Lipinski definition) is 7. The molecule has 5 aromatic rings. The predicted molar refractivity (Wildman–Crippen MR) is 137 cm³/mol. The third kappa shape index (κ3) is 4.20. The third-order valence-corrected chi connectivity index (χ3v) is 7.74. The summed E-state index contributed by atoms with van der Waals surface area (Å²) < 4.78 is 2.02. The highest BCUT2D eigenvalue weighted by atomic mass is 32.1. The average molecular weight is 487 g/mol. The molecule has 170 valence electrons. The standard InChI is InChI=1S/C25H22N6OS2/c32-24(26-19-7-5-17(6-8-19)21-16-31-12-14-34-25(31)27-21)18-3-1-11-30(15-18)23-10-9-20(28-29-23)22-4-2-13-33-22/h2,4-10,12-14,16,18H,1,3,11,15H2,(H,26,32). The molecule has 0 radical (unpaired) electrons. The molecule has 34 heavy (non-hydrogen) atoms. The topological polar surface area (TPSA) is 75.4 Å². The number of thiazole rings is 1. The number of piperidine rings is 1. The zero-order chi connectivity index (χ0) is 22.9. The molecule has 0 spiro atoms. The first-order valence-corrected chi connectivity index (χ1v) is 12.9. The van der Waals surface area contributed by atoms with Crippen LogP contribution < -0.4 is 10.2 Å². The summed E-state index contributed by atoms with van der Waals surface area (Å²) in [6.07, 6.45) is 5.84. The van der Waals surface area contributed by atoms with Crippen LogP contribution in [0.4, 0.5) is 11.5 Å². The largest absolute Gasteiger partial charge is 0.354 e. The maximum absolute atomic E-state index is 13.0. The van der Waals surface area contributed by atoms with Crippen LogP contribution in [-0.2, 0) is 4.79 Å². The van der Waals surface area contributed by atoms with Crippen LogP contribution in [0.1, 0.15) is 12.8 Å². The Labute approximate surface area is 204 Å². The van der Waals surface area contributed by atoms with Crippen molar-refractivity contribution in [3.63, 3.8) is 0 Å². The molecule has 1 aliphatic heterocycles. The van der Waals surface area contributed by atoms with Crippen molar-refractivity contribution in [3.8, 4) is 21.8 Å². The first kappa shape index (κ1) is 21.0. The highest BCUT2D eigenvalue weighted by Gasteiger charge is 2.27. The van der Waals surface area contributed by atoms with Gasteiger partial charge in [-0.25, -0.2) is 4.98 Å². The number of benzene rings is 1. The second kappa shape index (κ2) is 9.00. The quantitative estimate of drug-likeness (QED) is 0.358. The number of amides is 1. The number of carbonyl (C=O) groups is 1. The lowest BCUT2D eigenvalue weighted by Gasteiger charge is -2.32. The fourth-order valence-electron chi connectivity index (χ4n) is 4.28. The van der Waals surface area contributed by atoms with Crippen molar-refractivity contribution < 1.29 is 4.79 Å². The van der Waals surface area contributed by atoms with Crippen LogP contribution >= 0.6 is 22.7 Å². The van der Waals surface area contributed by atoms with E-state index in [0.717, 1.165) is 57.7 Å². The summed E-state index contributed by atoms with van der Waals surface area (Å²) in [5.74, 6) is 0.775. The Hall–Kier alpha value is -3.56. The number of carbonyl (C=O) groups excluding carboxylic acids is 1. The fourth-order valence-corrected chi connectivity index (χ4v) is 5.67. The molecule has 0 aliphatic carbocycles. The summed E-state index contributed by atoms with van der Waals surface area (Å²) in [5, 5.41) is 16.0. The molecule has 7 nitrogen and oxygen atoms in total. The van der Waals surface area contributed by atoms with E-state index < -0.39 is 0 Å². The van der Waals surface area contributed by atoms with Gasteiger partial charge < -0.3 is 10.2 Å². The minimum atomic E-state index is -0.0906. The van der Waals surface area contributed by atoms with Crippen molar-refractivity contribution in [1.29, 1.82) is 0 Å². The molecule has 1 fully saturated rings. The number of nitrogens with zero attached hydrogens (tertiary/aromatic N) is 5. The van der Waals surface area contributed by atoms with Crippen molar-refractivity contribution in [2.45, 2.75) is 12.8 Å². The molecule has 9 heteroatoms. The van der Waals surface area contributed by atoms with Gasteiger partial charge in [0.15, 0.2) is 10.8 Å². The van der Waals surface area contributed by atoms with E-state index >= 15 is 0 Å². The van der Waals surface area contributed by atoms with Crippen LogP contribution in [0, 0.1) is 5.92 Å². The van der Waals surface area contributed by atoms with Gasteiger partial charge in [-0.3, -0.25) is 9.20 Å². The molecule has 1 aromatic carbocycles. The first-order chi connectivity index (χ1) is 16.7. The van der Waals surface area contributed by atoms with Crippen LogP contribution in [0.2, 0.25) is 0 Å². The van der Waals surface area contributed by atoms with Gasteiger partial charge in [0.1, 0.15) is 5.69 Å². The summed E-state index contributed by atoms with van der Waals surface area (Å²) in [4.78, 5) is 21.9. The number of fused-ring (bicyclic) bond motifs is 1. The smallest absolute Gasteiger partial charge is 0.229 e. The molecular weight excluding hydrogens is 464 g/mol. The van der Waals surface area contributed by atoms with Gasteiger partial charge in [-0.2, -0.15) is 0 Å². The van der Waals surface area contributed by atoms with Crippen LogP contribution in [0.15, 0.2) is 71.7 Å². The third-order valence-electron chi connectivity index (χ3n) is 6.08. The zero-order valence-corrected chi connectivity index (χ0v) is 19.9. The molecule has 1 atom stereocenters. The van der Waals surface area contributed by atoms with Crippen LogP contribution in [-0.4, -0.2) is 38.6 Å². The Morgan fingerprint density at radius 1 is 1.00 bits per heavy atom. The van der Waals surface area contributed by atoms with Crippen LogP contribution in [0.3, 0.4) is 0 Å². The van der Waals surface area contributed by atoms with Crippen LogP contribution in [0.25, 0.3) is 26.8 Å². The van der Waals surface area contributed by atoms with Crippen molar-refractivity contribution >= 4 is 45.0 Å². The van der Waals surface area contributed by atoms with Gasteiger partial charge in [-0.05, 0) is 48.6 Å². The average Bonchev–Trinajstić information content (AvgIpc) is 3.63. The number of thiophene rings is 1. The van der Waals surface area contributed by atoms with Gasteiger partial charge in [-0.15, -0.1) is 32.9 Å². The summed E-state index contributed by atoms with van der Waals surface area (Å²) in [7, 11) is 0. The minimum Gasteiger partial charge on any atom is -0.354 e. The molecule has 1 saturated heterocycles. The molecule has 5 heterocycles. The van der Waals surface area contributed by atoms with Gasteiger partial charge in [0.05, 0.1) is 16.5 Å². The van der Waals surface area contributed by atoms with Crippen LogP contribution in [0.5, 0.6) is 0 Å². The van der Waals surface area contributed by atoms with E-state index in [0.29, 0.717) is 6.54 Å². The van der Waals surface area contributed by atoms with Gasteiger partial charge in [0.25, 0.3) is 0 Å². The van der Waals surface area contributed by atoms with Gasteiger partial charge in [-0.1, -0.05) is 18.2 Å². The zero-order valence-electron chi connectivity index (χ0n) is 18.3. The number of rotatable bonds is 5. The molecule has 0 bridgehead atoms. The Balaban J connectivity index is 1.10. The second-order valence-corrected chi connectivity index (χ2v) is 10.1. The van der Waals surface area contributed by atoms with Crippen molar-refractivity contribution in [3.05, 3.63) is 71.7 Å². The summed E-state index contributed by atoms with van der Waals surface area (Å²) in [5.41, 5.74) is 3.64. The molecule has 4 aromatic heterocycles. The summed E-state index contributed by atoms with van der Waals surface area (Å²) >= 11 is 3.26. The Morgan fingerprint density at radius 2 is 1.91 bits per heavy atom. The number of nitrogens with one attached hydrogen (secondary N) is 1. The van der Waals surface area contributed by atoms with E-state index in [1.54, 1.807) is 22.7 Å². The van der Waals surface area contributed by atoms with Gasteiger partial charge >= 0.3 is 0 Å². The fraction of sp³-hybridized carbons (Fsp3) is 0.200. The highest BCUT2D eigenvalue weighted by molar-refractivity contribution is 7.15. The Kier molecular flexibility index (Phi) is 5.56. The maximum Gasteiger partial charge on any atom is 0.229 e. The first-order valence-electron chi connectivity index (χ1n) is 11.2. The highest BCUT2D eigenvalue weighted by Crippen LogP contribution is 2.27. The van der Waals surface area contributed by atoms with E-state index in [9.17, 15) is 4.79 Å². The minimum absolute atomic E-state index is 0.0446. The lowest BCUT2D eigenvalue weighted by atomic mass is 9.97. The maximum atomic E-state index is 13.0. The van der Waals surface area contributed by atoms with Gasteiger partial charge in [0.2, 0.25) is 5.91 Å². The van der Waals surface area contributed by atoms with E-state index in [-0.39, 0.29) is 11.8 Å². The van der Waals surface area contributed by atoms with Gasteiger partial charge in [0, 0.05) is 42.1 Å². The Morgan fingerprint density at radius 3 is 2.68 bits per heavy atom.